The molecule has 0 aliphatic carbocycles. The minimum atomic E-state index is -0.536. The van der Waals surface area contributed by atoms with Gasteiger partial charge in [-0.1, -0.05) is 17.7 Å². The Bertz CT molecular complexity index is 643. The largest absolute Gasteiger partial charge is 0.378 e. The van der Waals surface area contributed by atoms with Gasteiger partial charge in [-0.15, -0.1) is 0 Å². The number of ether oxygens (including phenoxy) is 1. The number of hydrogen-bond donors (Lipinski definition) is 1. The average Bonchev–Trinajstić information content (AvgIpc) is 2.68. The summed E-state index contributed by atoms with van der Waals surface area (Å²) in [6, 6.07) is 7.00. The van der Waals surface area contributed by atoms with Gasteiger partial charge in [0.25, 0.3) is 0 Å². The van der Waals surface area contributed by atoms with Gasteiger partial charge >= 0.3 is 6.03 Å². The quantitative estimate of drug-likeness (QED) is 0.861. The van der Waals surface area contributed by atoms with E-state index in [-0.39, 0.29) is 11.9 Å². The van der Waals surface area contributed by atoms with Crippen molar-refractivity contribution < 1.29 is 14.3 Å². The van der Waals surface area contributed by atoms with E-state index in [0.29, 0.717) is 44.4 Å². The van der Waals surface area contributed by atoms with Crippen LogP contribution in [0.4, 0.5) is 10.5 Å². The highest BCUT2D eigenvalue weighted by atomic mass is 35.5. The van der Waals surface area contributed by atoms with Gasteiger partial charge in [0.2, 0.25) is 5.91 Å². The van der Waals surface area contributed by atoms with E-state index in [4.69, 9.17) is 16.3 Å². The van der Waals surface area contributed by atoms with Gasteiger partial charge in [-0.2, -0.15) is 0 Å². The number of rotatable bonds is 3. The van der Waals surface area contributed by atoms with Crippen LogP contribution in [0.2, 0.25) is 5.02 Å². The molecule has 1 N–H and O–H groups in total. The molecule has 1 aromatic rings. The summed E-state index contributed by atoms with van der Waals surface area (Å²) in [4.78, 5) is 30.6. The van der Waals surface area contributed by atoms with E-state index in [1.165, 1.54) is 0 Å². The van der Waals surface area contributed by atoms with Crippen molar-refractivity contribution in [2.45, 2.75) is 13.0 Å². The third-order valence-corrected chi connectivity index (χ3v) is 5.01. The highest BCUT2D eigenvalue weighted by molar-refractivity contribution is 6.30. The van der Waals surface area contributed by atoms with E-state index in [0.717, 1.165) is 18.8 Å². The van der Waals surface area contributed by atoms with Crippen molar-refractivity contribution in [1.29, 1.82) is 0 Å². The van der Waals surface area contributed by atoms with Gasteiger partial charge in [0.15, 0.2) is 0 Å². The number of hydrogen-bond acceptors (Lipinski definition) is 4. The zero-order valence-electron chi connectivity index (χ0n) is 15.0. The Morgan fingerprint density at radius 1 is 1.08 bits per heavy atom. The lowest BCUT2D eigenvalue weighted by Gasteiger charge is -2.37. The smallest absolute Gasteiger partial charge is 0.318 e. The Kier molecular flexibility index (Phi) is 6.21. The SMILES string of the molecule is C[C@H](NC(=O)N1CCN(c2cccc(Cl)c2)CC1)C(=O)N1CCOCC1. The molecular formula is C18H25ClN4O3. The standard InChI is InChI=1S/C18H25ClN4O3/c1-14(17(24)22-9-11-26-12-10-22)20-18(25)23-7-5-21(6-8-23)16-4-2-3-15(19)13-16/h2-4,13-14H,5-12H2,1H3,(H,20,25)/t14-/m0/s1. The van der Waals surface area contributed by atoms with Gasteiger partial charge in [0.05, 0.1) is 13.2 Å². The molecule has 0 unspecified atom stereocenters. The summed E-state index contributed by atoms with van der Waals surface area (Å²) in [6.07, 6.45) is 0. The molecule has 142 valence electrons. The molecule has 0 radical (unpaired) electrons. The first-order valence-electron chi connectivity index (χ1n) is 8.97. The van der Waals surface area contributed by atoms with Gasteiger partial charge < -0.3 is 24.8 Å². The summed E-state index contributed by atoms with van der Waals surface area (Å²) < 4.78 is 5.26. The number of benzene rings is 1. The number of amides is 3. The second-order valence-corrected chi connectivity index (χ2v) is 7.00. The molecule has 1 atom stereocenters. The molecular weight excluding hydrogens is 356 g/mol. The Morgan fingerprint density at radius 3 is 2.42 bits per heavy atom. The van der Waals surface area contributed by atoms with Gasteiger partial charge in [-0.05, 0) is 25.1 Å². The van der Waals surface area contributed by atoms with E-state index in [1.54, 1.807) is 16.7 Å². The molecule has 8 heteroatoms. The van der Waals surface area contributed by atoms with E-state index in [1.807, 2.05) is 24.3 Å². The van der Waals surface area contributed by atoms with Crippen LogP contribution in [-0.2, 0) is 9.53 Å². The van der Waals surface area contributed by atoms with Crippen LogP contribution in [0.25, 0.3) is 0 Å². The summed E-state index contributed by atoms with van der Waals surface area (Å²) >= 11 is 6.05. The molecule has 0 saturated carbocycles. The highest BCUT2D eigenvalue weighted by Gasteiger charge is 2.27. The lowest BCUT2D eigenvalue weighted by Crippen LogP contribution is -2.56. The number of carbonyl (C=O) groups is 2. The number of anilines is 1. The fourth-order valence-corrected chi connectivity index (χ4v) is 3.42. The van der Waals surface area contributed by atoms with Crippen LogP contribution in [0.1, 0.15) is 6.92 Å². The second kappa shape index (κ2) is 8.60. The van der Waals surface area contributed by atoms with Crippen molar-refractivity contribution in [3.63, 3.8) is 0 Å². The highest BCUT2D eigenvalue weighted by Crippen LogP contribution is 2.20. The van der Waals surface area contributed by atoms with Crippen molar-refractivity contribution in [2.24, 2.45) is 0 Å². The third-order valence-electron chi connectivity index (χ3n) is 4.77. The van der Waals surface area contributed by atoms with Crippen molar-refractivity contribution in [3.8, 4) is 0 Å². The monoisotopic (exact) mass is 380 g/mol. The Hall–Kier alpha value is -1.99. The Labute approximate surface area is 158 Å². The van der Waals surface area contributed by atoms with Gasteiger partial charge in [-0.3, -0.25) is 4.79 Å². The van der Waals surface area contributed by atoms with Crippen LogP contribution in [0.5, 0.6) is 0 Å². The number of nitrogens with zero attached hydrogens (tertiary/aromatic N) is 3. The molecule has 0 spiro atoms. The maximum atomic E-state index is 12.5. The second-order valence-electron chi connectivity index (χ2n) is 6.56. The van der Waals surface area contributed by atoms with Crippen LogP contribution < -0.4 is 10.2 Å². The molecule has 2 aliphatic rings. The topological polar surface area (TPSA) is 65.1 Å². The van der Waals surface area contributed by atoms with E-state index in [2.05, 4.69) is 10.2 Å². The first kappa shape index (κ1) is 18.8. The summed E-state index contributed by atoms with van der Waals surface area (Å²) in [5, 5.41) is 3.53. The fourth-order valence-electron chi connectivity index (χ4n) is 3.24. The molecule has 2 heterocycles. The summed E-state index contributed by atoms with van der Waals surface area (Å²) in [6.45, 7) is 6.69. The molecule has 2 aliphatic heterocycles. The van der Waals surface area contributed by atoms with Crippen molar-refractivity contribution in [3.05, 3.63) is 29.3 Å². The molecule has 2 saturated heterocycles. The van der Waals surface area contributed by atoms with Gasteiger partial charge in [0.1, 0.15) is 6.04 Å². The molecule has 1 aromatic carbocycles. The summed E-state index contributed by atoms with van der Waals surface area (Å²) in [7, 11) is 0. The molecule has 3 amide bonds. The third kappa shape index (κ3) is 4.59. The fraction of sp³-hybridized carbons (Fsp3) is 0.556. The van der Waals surface area contributed by atoms with Gasteiger partial charge in [-0.25, -0.2) is 4.79 Å². The maximum Gasteiger partial charge on any atom is 0.318 e. The van der Waals surface area contributed by atoms with Crippen molar-refractivity contribution in [1.82, 2.24) is 15.1 Å². The lowest BCUT2D eigenvalue weighted by molar-refractivity contribution is -0.136. The number of urea groups is 1. The van der Waals surface area contributed by atoms with Crippen LogP contribution in [-0.4, -0.2) is 80.3 Å². The molecule has 26 heavy (non-hydrogen) atoms. The van der Waals surface area contributed by atoms with Crippen molar-refractivity contribution in [2.75, 3.05) is 57.4 Å². The molecule has 7 nitrogen and oxygen atoms in total. The minimum Gasteiger partial charge on any atom is -0.378 e. The zero-order valence-corrected chi connectivity index (χ0v) is 15.7. The number of morpholine rings is 1. The maximum absolute atomic E-state index is 12.5. The number of carbonyl (C=O) groups excluding carboxylic acids is 2. The average molecular weight is 381 g/mol. The lowest BCUT2D eigenvalue weighted by atomic mass is 10.2. The number of halogens is 1. The molecule has 3 rings (SSSR count). The first-order valence-corrected chi connectivity index (χ1v) is 9.35. The van der Waals surface area contributed by atoms with Crippen LogP contribution in [0.3, 0.4) is 0 Å². The van der Waals surface area contributed by atoms with Crippen molar-refractivity contribution >= 4 is 29.2 Å². The van der Waals surface area contributed by atoms with E-state index < -0.39 is 6.04 Å². The minimum absolute atomic E-state index is 0.0563. The predicted octanol–water partition coefficient (Wildman–Crippen LogP) is 1.42. The van der Waals surface area contributed by atoms with E-state index in [9.17, 15) is 9.59 Å². The Morgan fingerprint density at radius 2 is 1.77 bits per heavy atom. The predicted molar refractivity (Wildman–Crippen MR) is 101 cm³/mol. The van der Waals surface area contributed by atoms with E-state index >= 15 is 0 Å². The molecule has 0 aromatic heterocycles. The Balaban J connectivity index is 1.48. The van der Waals surface area contributed by atoms with Crippen LogP contribution in [0.15, 0.2) is 24.3 Å². The van der Waals surface area contributed by atoms with Gasteiger partial charge in [0, 0.05) is 50.0 Å². The van der Waals surface area contributed by atoms with Crippen LogP contribution >= 0.6 is 11.6 Å². The number of nitrogens with one attached hydrogen (secondary N) is 1. The molecule has 2 fully saturated rings. The normalized spacial score (nSPS) is 19.2. The van der Waals surface area contributed by atoms with Crippen LogP contribution in [0, 0.1) is 0 Å². The zero-order chi connectivity index (χ0) is 18.5. The summed E-state index contributed by atoms with van der Waals surface area (Å²) in [5.74, 6) is -0.0563. The first-order chi connectivity index (χ1) is 12.5. The summed E-state index contributed by atoms with van der Waals surface area (Å²) in [5.41, 5.74) is 1.06. The molecule has 0 bridgehead atoms. The number of piperazine rings is 1.